The van der Waals surface area contributed by atoms with Crippen LogP contribution in [0.3, 0.4) is 0 Å². The van der Waals surface area contributed by atoms with Gasteiger partial charge in [0.25, 0.3) is 5.91 Å². The van der Waals surface area contributed by atoms with Crippen molar-refractivity contribution >= 4 is 34.2 Å². The molecule has 0 aromatic heterocycles. The van der Waals surface area contributed by atoms with E-state index in [1.165, 1.54) is 0 Å². The first-order chi connectivity index (χ1) is 6.02. The fraction of sp³-hybridized carbons (Fsp3) is 0.222. The number of benzene rings is 1. The normalized spacial score (nSPS) is 9.77. The van der Waals surface area contributed by atoms with Gasteiger partial charge in [0.15, 0.2) is 0 Å². The van der Waals surface area contributed by atoms with E-state index < -0.39 is 0 Å². The van der Waals surface area contributed by atoms with Gasteiger partial charge in [0.1, 0.15) is 0 Å². The summed E-state index contributed by atoms with van der Waals surface area (Å²) >= 11 is 2.11. The van der Waals surface area contributed by atoms with E-state index in [1.54, 1.807) is 37.2 Å². The number of nitrogen functional groups attached to an aromatic ring is 1. The summed E-state index contributed by atoms with van der Waals surface area (Å²) in [6, 6.07) is 5.27. The van der Waals surface area contributed by atoms with Crippen molar-refractivity contribution in [3.05, 3.63) is 27.3 Å². The zero-order valence-corrected chi connectivity index (χ0v) is 9.70. The molecule has 0 fully saturated rings. The van der Waals surface area contributed by atoms with Crippen molar-refractivity contribution in [2.24, 2.45) is 0 Å². The number of carbonyl (C=O) groups excluding carboxylic acids is 1. The second-order valence-electron chi connectivity index (χ2n) is 2.94. The Labute approximate surface area is 91.0 Å². The number of rotatable bonds is 1. The minimum Gasteiger partial charge on any atom is -0.398 e. The van der Waals surface area contributed by atoms with E-state index in [2.05, 4.69) is 22.6 Å². The molecule has 0 spiro atoms. The van der Waals surface area contributed by atoms with Gasteiger partial charge in [-0.3, -0.25) is 4.79 Å². The van der Waals surface area contributed by atoms with Gasteiger partial charge in [0.2, 0.25) is 0 Å². The van der Waals surface area contributed by atoms with E-state index in [0.717, 1.165) is 3.57 Å². The molecule has 1 aromatic carbocycles. The van der Waals surface area contributed by atoms with Crippen molar-refractivity contribution in [2.45, 2.75) is 0 Å². The van der Waals surface area contributed by atoms with Gasteiger partial charge in [0, 0.05) is 28.9 Å². The Kier molecular flexibility index (Phi) is 3.13. The van der Waals surface area contributed by atoms with Crippen molar-refractivity contribution in [1.82, 2.24) is 4.90 Å². The number of amides is 1. The Morgan fingerprint density at radius 2 is 2.08 bits per heavy atom. The van der Waals surface area contributed by atoms with Gasteiger partial charge in [-0.25, -0.2) is 0 Å². The van der Waals surface area contributed by atoms with Gasteiger partial charge in [-0.2, -0.15) is 0 Å². The van der Waals surface area contributed by atoms with Crippen molar-refractivity contribution in [3.8, 4) is 0 Å². The fourth-order valence-corrected chi connectivity index (χ4v) is 1.43. The fourth-order valence-electron chi connectivity index (χ4n) is 0.918. The molecule has 0 aliphatic heterocycles. The van der Waals surface area contributed by atoms with Crippen LogP contribution in [0.5, 0.6) is 0 Å². The van der Waals surface area contributed by atoms with Gasteiger partial charge in [-0.1, -0.05) is 0 Å². The average Bonchev–Trinajstić information content (AvgIpc) is 2.08. The number of nitrogens with two attached hydrogens (primary N) is 1. The van der Waals surface area contributed by atoms with Crippen LogP contribution in [0.4, 0.5) is 5.69 Å². The van der Waals surface area contributed by atoms with E-state index in [4.69, 9.17) is 5.73 Å². The number of anilines is 1. The highest BCUT2D eigenvalue weighted by Gasteiger charge is 2.08. The van der Waals surface area contributed by atoms with Gasteiger partial charge in [-0.15, -0.1) is 0 Å². The molecule has 4 heteroatoms. The molecular weight excluding hydrogens is 279 g/mol. The van der Waals surface area contributed by atoms with Crippen LogP contribution in [0.1, 0.15) is 10.4 Å². The number of carbonyl (C=O) groups is 1. The minimum absolute atomic E-state index is 0.00193. The topological polar surface area (TPSA) is 46.3 Å². The largest absolute Gasteiger partial charge is 0.398 e. The summed E-state index contributed by atoms with van der Waals surface area (Å²) in [7, 11) is 3.46. The summed E-state index contributed by atoms with van der Waals surface area (Å²) in [6.45, 7) is 0. The standard InChI is InChI=1S/C9H11IN2O/c1-12(2)9(13)6-3-4-8(11)7(10)5-6/h3-5H,11H2,1-2H3. The third-order valence-electron chi connectivity index (χ3n) is 1.65. The molecule has 1 amide bonds. The van der Waals surface area contributed by atoms with Gasteiger partial charge >= 0.3 is 0 Å². The Hall–Kier alpha value is -0.780. The third kappa shape index (κ3) is 2.33. The van der Waals surface area contributed by atoms with Crippen LogP contribution in [0.2, 0.25) is 0 Å². The van der Waals surface area contributed by atoms with Crippen molar-refractivity contribution in [2.75, 3.05) is 19.8 Å². The Morgan fingerprint density at radius 1 is 1.46 bits per heavy atom. The summed E-state index contributed by atoms with van der Waals surface area (Å²) < 4.78 is 0.908. The first-order valence-corrected chi connectivity index (χ1v) is 4.87. The van der Waals surface area contributed by atoms with Crippen molar-refractivity contribution < 1.29 is 4.79 Å². The summed E-state index contributed by atoms with van der Waals surface area (Å²) in [4.78, 5) is 13.0. The highest BCUT2D eigenvalue weighted by molar-refractivity contribution is 14.1. The number of hydrogen-bond donors (Lipinski definition) is 1. The van der Waals surface area contributed by atoms with E-state index in [9.17, 15) is 4.79 Å². The lowest BCUT2D eigenvalue weighted by Gasteiger charge is -2.10. The summed E-state index contributed by atoms with van der Waals surface area (Å²) in [5.41, 5.74) is 7.01. The molecule has 0 bridgehead atoms. The first-order valence-electron chi connectivity index (χ1n) is 3.79. The zero-order chi connectivity index (χ0) is 10.0. The molecule has 13 heavy (non-hydrogen) atoms. The van der Waals surface area contributed by atoms with E-state index in [0.29, 0.717) is 11.3 Å². The number of hydrogen-bond acceptors (Lipinski definition) is 2. The Bertz CT molecular complexity index is 336. The highest BCUT2D eigenvalue weighted by atomic mass is 127. The van der Waals surface area contributed by atoms with Crippen LogP contribution < -0.4 is 5.73 Å². The quantitative estimate of drug-likeness (QED) is 0.630. The molecule has 0 radical (unpaired) electrons. The maximum absolute atomic E-state index is 11.5. The molecule has 3 nitrogen and oxygen atoms in total. The maximum atomic E-state index is 11.5. The summed E-state index contributed by atoms with van der Waals surface area (Å²) in [6.07, 6.45) is 0. The van der Waals surface area contributed by atoms with Crippen LogP contribution in [0.25, 0.3) is 0 Å². The van der Waals surface area contributed by atoms with E-state index in [1.807, 2.05) is 0 Å². The monoisotopic (exact) mass is 290 g/mol. The van der Waals surface area contributed by atoms with Crippen LogP contribution >= 0.6 is 22.6 Å². The average molecular weight is 290 g/mol. The van der Waals surface area contributed by atoms with E-state index >= 15 is 0 Å². The molecule has 0 heterocycles. The van der Waals surface area contributed by atoms with Gasteiger partial charge in [-0.05, 0) is 40.8 Å². The van der Waals surface area contributed by atoms with Crippen LogP contribution in [0.15, 0.2) is 18.2 Å². The highest BCUT2D eigenvalue weighted by Crippen LogP contribution is 2.16. The van der Waals surface area contributed by atoms with Crippen molar-refractivity contribution in [1.29, 1.82) is 0 Å². The van der Waals surface area contributed by atoms with Crippen LogP contribution in [0, 0.1) is 3.57 Å². The van der Waals surface area contributed by atoms with E-state index in [-0.39, 0.29) is 5.91 Å². The molecule has 2 N–H and O–H groups in total. The molecule has 0 saturated carbocycles. The lowest BCUT2D eigenvalue weighted by atomic mass is 10.2. The molecule has 0 unspecified atom stereocenters. The molecule has 0 aliphatic carbocycles. The molecule has 1 rings (SSSR count). The second kappa shape index (κ2) is 3.95. The van der Waals surface area contributed by atoms with Crippen LogP contribution in [-0.2, 0) is 0 Å². The third-order valence-corrected chi connectivity index (χ3v) is 2.59. The Balaban J connectivity index is 3.04. The SMILES string of the molecule is CN(C)C(=O)c1ccc(N)c(I)c1. The zero-order valence-electron chi connectivity index (χ0n) is 7.54. The summed E-state index contributed by atoms with van der Waals surface area (Å²) in [5, 5.41) is 0. The minimum atomic E-state index is -0.00193. The maximum Gasteiger partial charge on any atom is 0.253 e. The molecule has 0 saturated heterocycles. The van der Waals surface area contributed by atoms with Crippen molar-refractivity contribution in [3.63, 3.8) is 0 Å². The van der Waals surface area contributed by atoms with Crippen LogP contribution in [-0.4, -0.2) is 24.9 Å². The number of nitrogens with zero attached hydrogens (tertiary/aromatic N) is 1. The lowest BCUT2D eigenvalue weighted by molar-refractivity contribution is 0.0827. The van der Waals surface area contributed by atoms with Gasteiger partial charge in [0.05, 0.1) is 0 Å². The van der Waals surface area contributed by atoms with Gasteiger partial charge < -0.3 is 10.6 Å². The molecule has 1 aromatic rings. The Morgan fingerprint density at radius 3 is 2.54 bits per heavy atom. The molecule has 0 atom stereocenters. The second-order valence-corrected chi connectivity index (χ2v) is 4.10. The predicted molar refractivity (Wildman–Crippen MR) is 61.6 cm³/mol. The number of halogens is 1. The lowest BCUT2D eigenvalue weighted by Crippen LogP contribution is -2.21. The predicted octanol–water partition coefficient (Wildman–Crippen LogP) is 1.58. The smallest absolute Gasteiger partial charge is 0.253 e. The molecule has 70 valence electrons. The first kappa shape index (κ1) is 10.3. The molecule has 0 aliphatic rings. The summed E-state index contributed by atoms with van der Waals surface area (Å²) in [5.74, 6) is -0.00193. The molecular formula is C9H11IN2O.